The summed E-state index contributed by atoms with van der Waals surface area (Å²) >= 11 is 8.70. The Morgan fingerprint density at radius 1 is 0.906 bits per heavy atom. The molecule has 0 saturated carbocycles. The van der Waals surface area contributed by atoms with Crippen molar-refractivity contribution in [3.8, 4) is 5.75 Å². The number of carbonyl (C=O) groups excluding carboxylic acids is 2. The van der Waals surface area contributed by atoms with Crippen LogP contribution in [0.5, 0.6) is 5.75 Å². The molecule has 6 nitrogen and oxygen atoms in total. The average Bonchev–Trinajstić information content (AvgIpc) is 2.75. The van der Waals surface area contributed by atoms with E-state index < -0.39 is 0 Å². The molecule has 0 spiro atoms. The van der Waals surface area contributed by atoms with Crippen molar-refractivity contribution in [3.63, 3.8) is 0 Å². The number of amides is 2. The highest BCUT2D eigenvalue weighted by molar-refractivity contribution is 9.10. The third-order valence-corrected chi connectivity index (χ3v) is 5.35. The number of halogens is 1. The van der Waals surface area contributed by atoms with Crippen LogP contribution in [-0.4, -0.2) is 24.0 Å². The lowest BCUT2D eigenvalue weighted by atomic mass is 10.1. The van der Waals surface area contributed by atoms with Crippen molar-refractivity contribution >= 4 is 56.4 Å². The highest BCUT2D eigenvalue weighted by Crippen LogP contribution is 2.28. The standard InChI is InChI=1S/C24H22BrN3O3S/c1-14-12-18(9-10-20(14)27-22(29)16-7-5-4-6-8-16)26-24(32)28-23(30)19-13-17(25)11-15(2)21(19)31-3/h4-13H,1-3H3,(H,27,29)(H2,26,28,30,32). The van der Waals surface area contributed by atoms with Crippen LogP contribution < -0.4 is 20.7 Å². The largest absolute Gasteiger partial charge is 0.496 e. The molecule has 0 aromatic heterocycles. The average molecular weight is 512 g/mol. The van der Waals surface area contributed by atoms with Crippen molar-refractivity contribution in [2.75, 3.05) is 17.7 Å². The molecule has 0 heterocycles. The Labute approximate surface area is 200 Å². The second-order valence-corrected chi connectivity index (χ2v) is 8.39. The molecule has 0 fully saturated rings. The molecule has 8 heteroatoms. The first-order chi connectivity index (χ1) is 15.3. The van der Waals surface area contributed by atoms with Gasteiger partial charge >= 0.3 is 0 Å². The zero-order valence-electron chi connectivity index (χ0n) is 17.8. The minimum absolute atomic E-state index is 0.148. The molecule has 164 valence electrons. The summed E-state index contributed by atoms with van der Waals surface area (Å²) in [7, 11) is 1.52. The van der Waals surface area contributed by atoms with Gasteiger partial charge in [-0.25, -0.2) is 0 Å². The number of benzene rings is 3. The third kappa shape index (κ3) is 5.72. The van der Waals surface area contributed by atoms with Crippen LogP contribution in [0.3, 0.4) is 0 Å². The summed E-state index contributed by atoms with van der Waals surface area (Å²) in [6, 6.07) is 17.9. The lowest BCUT2D eigenvalue weighted by Crippen LogP contribution is -2.34. The van der Waals surface area contributed by atoms with E-state index in [0.717, 1.165) is 15.6 Å². The number of methoxy groups -OCH3 is 1. The summed E-state index contributed by atoms with van der Waals surface area (Å²) in [5.41, 5.74) is 4.00. The van der Waals surface area contributed by atoms with E-state index in [1.54, 1.807) is 30.3 Å². The summed E-state index contributed by atoms with van der Waals surface area (Å²) in [5.74, 6) is -0.0782. The van der Waals surface area contributed by atoms with Crippen LogP contribution in [-0.2, 0) is 0 Å². The van der Waals surface area contributed by atoms with Gasteiger partial charge < -0.3 is 15.4 Å². The fourth-order valence-corrected chi connectivity index (χ4v) is 3.95. The van der Waals surface area contributed by atoms with E-state index in [9.17, 15) is 9.59 Å². The van der Waals surface area contributed by atoms with Gasteiger partial charge in [0.05, 0.1) is 12.7 Å². The molecule has 3 N–H and O–H groups in total. The molecular formula is C24H22BrN3O3S. The number of hydrogen-bond acceptors (Lipinski definition) is 4. The molecule has 0 aliphatic carbocycles. The number of anilines is 2. The van der Waals surface area contributed by atoms with Gasteiger partial charge in [0.25, 0.3) is 11.8 Å². The first kappa shape index (κ1) is 23.4. The second kappa shape index (κ2) is 10.4. The maximum absolute atomic E-state index is 12.7. The zero-order chi connectivity index (χ0) is 23.3. The van der Waals surface area contributed by atoms with Crippen molar-refractivity contribution in [3.05, 3.63) is 87.4 Å². The van der Waals surface area contributed by atoms with E-state index in [2.05, 4.69) is 31.9 Å². The first-order valence-corrected chi connectivity index (χ1v) is 10.9. The normalized spacial score (nSPS) is 10.2. The van der Waals surface area contributed by atoms with Crippen LogP contribution in [0.25, 0.3) is 0 Å². The van der Waals surface area contributed by atoms with Crippen molar-refractivity contribution < 1.29 is 14.3 Å². The summed E-state index contributed by atoms with van der Waals surface area (Å²) in [6.07, 6.45) is 0. The smallest absolute Gasteiger partial charge is 0.261 e. The number of carbonyl (C=O) groups is 2. The number of nitrogens with one attached hydrogen (secondary N) is 3. The van der Waals surface area contributed by atoms with Crippen molar-refractivity contribution in [2.24, 2.45) is 0 Å². The molecule has 3 aromatic rings. The Balaban J connectivity index is 1.66. The molecule has 3 rings (SSSR count). The monoisotopic (exact) mass is 511 g/mol. The molecule has 32 heavy (non-hydrogen) atoms. The molecular weight excluding hydrogens is 490 g/mol. The quantitative estimate of drug-likeness (QED) is 0.396. The van der Waals surface area contributed by atoms with Gasteiger partial charge in [-0.2, -0.15) is 0 Å². The van der Waals surface area contributed by atoms with E-state index in [-0.39, 0.29) is 16.9 Å². The number of ether oxygens (including phenoxy) is 1. The number of hydrogen-bond donors (Lipinski definition) is 3. The predicted molar refractivity (Wildman–Crippen MR) is 135 cm³/mol. The van der Waals surface area contributed by atoms with Crippen LogP contribution in [0.4, 0.5) is 11.4 Å². The molecule has 3 aromatic carbocycles. The summed E-state index contributed by atoms with van der Waals surface area (Å²) < 4.78 is 6.13. The topological polar surface area (TPSA) is 79.5 Å². The molecule has 2 amide bonds. The molecule has 0 atom stereocenters. The first-order valence-electron chi connectivity index (χ1n) is 9.72. The van der Waals surface area contributed by atoms with Gasteiger partial charge in [0.1, 0.15) is 5.75 Å². The lowest BCUT2D eigenvalue weighted by Gasteiger charge is -2.15. The van der Waals surface area contributed by atoms with Gasteiger partial charge in [-0.15, -0.1) is 0 Å². The van der Waals surface area contributed by atoms with E-state index in [1.807, 2.05) is 44.2 Å². The Hall–Kier alpha value is -3.23. The second-order valence-electron chi connectivity index (χ2n) is 7.06. The minimum Gasteiger partial charge on any atom is -0.496 e. The fourth-order valence-electron chi connectivity index (χ4n) is 3.17. The van der Waals surface area contributed by atoms with Crippen LogP contribution in [0, 0.1) is 13.8 Å². The van der Waals surface area contributed by atoms with Gasteiger partial charge in [0.2, 0.25) is 0 Å². The molecule has 0 aliphatic rings. The van der Waals surface area contributed by atoms with E-state index >= 15 is 0 Å². The molecule has 0 unspecified atom stereocenters. The maximum Gasteiger partial charge on any atom is 0.261 e. The number of aryl methyl sites for hydroxylation is 2. The molecule has 0 radical (unpaired) electrons. The van der Waals surface area contributed by atoms with E-state index in [4.69, 9.17) is 17.0 Å². The summed E-state index contributed by atoms with van der Waals surface area (Å²) in [4.78, 5) is 25.1. The van der Waals surface area contributed by atoms with Gasteiger partial charge in [-0.3, -0.25) is 14.9 Å². The number of thiocarbonyl (C=S) groups is 1. The maximum atomic E-state index is 12.7. The van der Waals surface area contributed by atoms with Crippen molar-refractivity contribution in [2.45, 2.75) is 13.8 Å². The van der Waals surface area contributed by atoms with Gasteiger partial charge in [0.15, 0.2) is 5.11 Å². The number of rotatable bonds is 5. The van der Waals surface area contributed by atoms with Crippen molar-refractivity contribution in [1.82, 2.24) is 5.32 Å². The Morgan fingerprint density at radius 3 is 2.28 bits per heavy atom. The Bertz CT molecular complexity index is 1180. The van der Waals surface area contributed by atoms with Crippen LogP contribution >= 0.6 is 28.1 Å². The fraction of sp³-hybridized carbons (Fsp3) is 0.125. The summed E-state index contributed by atoms with van der Waals surface area (Å²) in [5, 5.41) is 8.71. The van der Waals surface area contributed by atoms with Crippen LogP contribution in [0.2, 0.25) is 0 Å². The van der Waals surface area contributed by atoms with Crippen molar-refractivity contribution in [1.29, 1.82) is 0 Å². The zero-order valence-corrected chi connectivity index (χ0v) is 20.2. The van der Waals surface area contributed by atoms with E-state index in [1.165, 1.54) is 7.11 Å². The predicted octanol–water partition coefficient (Wildman–Crippen LogP) is 5.45. The van der Waals surface area contributed by atoms with Gasteiger partial charge in [0, 0.05) is 21.4 Å². The van der Waals surface area contributed by atoms with Gasteiger partial charge in [-0.1, -0.05) is 34.1 Å². The molecule has 0 aliphatic heterocycles. The molecule has 0 saturated heterocycles. The van der Waals surface area contributed by atoms with E-state index in [0.29, 0.717) is 28.3 Å². The highest BCUT2D eigenvalue weighted by atomic mass is 79.9. The lowest BCUT2D eigenvalue weighted by molar-refractivity contribution is 0.0973. The summed E-state index contributed by atoms with van der Waals surface area (Å²) in [6.45, 7) is 3.74. The Kier molecular flexibility index (Phi) is 7.61. The third-order valence-electron chi connectivity index (χ3n) is 4.68. The van der Waals surface area contributed by atoms with Crippen LogP contribution in [0.15, 0.2) is 65.1 Å². The van der Waals surface area contributed by atoms with Gasteiger partial charge in [-0.05, 0) is 79.7 Å². The minimum atomic E-state index is -0.382. The SMILES string of the molecule is COc1c(C)cc(Br)cc1C(=O)NC(=S)Nc1ccc(NC(=O)c2ccccc2)c(C)c1. The molecule has 0 bridgehead atoms. The Morgan fingerprint density at radius 2 is 1.62 bits per heavy atom. The highest BCUT2D eigenvalue weighted by Gasteiger charge is 2.17. The van der Waals surface area contributed by atoms with Crippen LogP contribution in [0.1, 0.15) is 31.8 Å².